The number of rotatable bonds is 8. The number of hydrogen-bond donors (Lipinski definition) is 2. The standard InChI is InChI=1S/C11H20N4O2/c1-17-7-3-2-5-13-11(16)10-8-15(6-4-12)9-14-10/h8-9H,2-7,12H2,1H3,(H,13,16). The number of carbonyl (C=O) groups is 1. The Balaban J connectivity index is 2.26. The maximum atomic E-state index is 11.6. The quantitative estimate of drug-likeness (QED) is 0.626. The van der Waals surface area contributed by atoms with Crippen molar-refractivity contribution >= 4 is 5.91 Å². The molecule has 96 valence electrons. The third-order valence-corrected chi connectivity index (χ3v) is 2.31. The van der Waals surface area contributed by atoms with Crippen LogP contribution in [0.5, 0.6) is 0 Å². The summed E-state index contributed by atoms with van der Waals surface area (Å²) in [5, 5.41) is 2.81. The molecule has 0 aliphatic rings. The van der Waals surface area contributed by atoms with E-state index in [1.807, 2.05) is 0 Å². The lowest BCUT2D eigenvalue weighted by Gasteiger charge is -2.02. The van der Waals surface area contributed by atoms with Crippen LogP contribution in [-0.4, -0.2) is 42.3 Å². The van der Waals surface area contributed by atoms with Gasteiger partial charge in [-0.05, 0) is 12.8 Å². The Morgan fingerprint density at radius 1 is 1.59 bits per heavy atom. The zero-order valence-electron chi connectivity index (χ0n) is 10.2. The van der Waals surface area contributed by atoms with Crippen molar-refractivity contribution in [3.05, 3.63) is 18.2 Å². The van der Waals surface area contributed by atoms with Crippen LogP contribution in [0.1, 0.15) is 23.3 Å². The summed E-state index contributed by atoms with van der Waals surface area (Å²) in [6.45, 7) is 2.58. The van der Waals surface area contributed by atoms with Crippen LogP contribution in [0.3, 0.4) is 0 Å². The van der Waals surface area contributed by atoms with Crippen LogP contribution in [0, 0.1) is 0 Å². The van der Waals surface area contributed by atoms with Crippen LogP contribution in [0.25, 0.3) is 0 Å². The Kier molecular flexibility index (Phi) is 6.27. The molecule has 3 N–H and O–H groups in total. The number of unbranched alkanes of at least 4 members (excludes halogenated alkanes) is 1. The van der Waals surface area contributed by atoms with Crippen molar-refractivity contribution in [2.75, 3.05) is 26.8 Å². The van der Waals surface area contributed by atoms with Gasteiger partial charge in [0.15, 0.2) is 0 Å². The third kappa shape index (κ3) is 4.97. The second kappa shape index (κ2) is 7.81. The van der Waals surface area contributed by atoms with Crippen LogP contribution < -0.4 is 11.1 Å². The number of amides is 1. The van der Waals surface area contributed by atoms with Crippen LogP contribution in [0.2, 0.25) is 0 Å². The second-order valence-electron chi connectivity index (χ2n) is 3.74. The lowest BCUT2D eigenvalue weighted by atomic mass is 10.3. The van der Waals surface area contributed by atoms with E-state index in [1.54, 1.807) is 24.2 Å². The van der Waals surface area contributed by atoms with Crippen molar-refractivity contribution in [1.82, 2.24) is 14.9 Å². The van der Waals surface area contributed by atoms with Crippen molar-refractivity contribution in [3.63, 3.8) is 0 Å². The van der Waals surface area contributed by atoms with Crippen molar-refractivity contribution in [2.45, 2.75) is 19.4 Å². The van der Waals surface area contributed by atoms with Gasteiger partial charge < -0.3 is 20.4 Å². The molecular weight excluding hydrogens is 220 g/mol. The molecule has 1 aromatic heterocycles. The molecule has 0 fully saturated rings. The van der Waals surface area contributed by atoms with E-state index in [0.29, 0.717) is 25.3 Å². The van der Waals surface area contributed by atoms with Gasteiger partial charge in [-0.15, -0.1) is 0 Å². The Morgan fingerprint density at radius 2 is 2.41 bits per heavy atom. The molecule has 0 spiro atoms. The van der Waals surface area contributed by atoms with E-state index in [9.17, 15) is 4.79 Å². The molecule has 0 unspecified atom stereocenters. The Labute approximate surface area is 101 Å². The first kappa shape index (κ1) is 13.7. The zero-order chi connectivity index (χ0) is 12.5. The highest BCUT2D eigenvalue weighted by atomic mass is 16.5. The molecule has 6 nitrogen and oxygen atoms in total. The number of methoxy groups -OCH3 is 1. The molecule has 0 saturated heterocycles. The van der Waals surface area contributed by atoms with E-state index >= 15 is 0 Å². The summed E-state index contributed by atoms with van der Waals surface area (Å²) in [5.41, 5.74) is 5.85. The number of ether oxygens (including phenoxy) is 1. The minimum Gasteiger partial charge on any atom is -0.385 e. The molecule has 0 aromatic carbocycles. The van der Waals surface area contributed by atoms with Gasteiger partial charge in [-0.25, -0.2) is 4.98 Å². The molecule has 0 atom stereocenters. The average Bonchev–Trinajstić information content (AvgIpc) is 2.78. The van der Waals surface area contributed by atoms with Gasteiger partial charge in [0.2, 0.25) is 0 Å². The highest BCUT2D eigenvalue weighted by Crippen LogP contribution is 1.96. The summed E-state index contributed by atoms with van der Waals surface area (Å²) < 4.78 is 6.73. The number of carbonyl (C=O) groups excluding carboxylic acids is 1. The lowest BCUT2D eigenvalue weighted by Crippen LogP contribution is -2.25. The lowest BCUT2D eigenvalue weighted by molar-refractivity contribution is 0.0947. The molecule has 1 heterocycles. The fraction of sp³-hybridized carbons (Fsp3) is 0.636. The molecule has 1 aromatic rings. The molecule has 0 radical (unpaired) electrons. The predicted molar refractivity (Wildman–Crippen MR) is 64.7 cm³/mol. The topological polar surface area (TPSA) is 82.2 Å². The van der Waals surface area contributed by atoms with E-state index in [0.717, 1.165) is 19.4 Å². The van der Waals surface area contributed by atoms with Gasteiger partial charge in [0, 0.05) is 39.5 Å². The van der Waals surface area contributed by atoms with Crippen LogP contribution in [0.15, 0.2) is 12.5 Å². The largest absolute Gasteiger partial charge is 0.385 e. The van der Waals surface area contributed by atoms with Crippen molar-refractivity contribution in [3.8, 4) is 0 Å². The van der Waals surface area contributed by atoms with Gasteiger partial charge in [0.25, 0.3) is 5.91 Å². The highest BCUT2D eigenvalue weighted by molar-refractivity contribution is 5.91. The minimum atomic E-state index is -0.141. The SMILES string of the molecule is COCCCCNC(=O)c1cn(CCN)cn1. The van der Waals surface area contributed by atoms with E-state index in [2.05, 4.69) is 10.3 Å². The minimum absolute atomic E-state index is 0.141. The first-order valence-corrected chi connectivity index (χ1v) is 5.77. The monoisotopic (exact) mass is 240 g/mol. The van der Waals surface area contributed by atoms with Gasteiger partial charge >= 0.3 is 0 Å². The van der Waals surface area contributed by atoms with E-state index < -0.39 is 0 Å². The van der Waals surface area contributed by atoms with Gasteiger partial charge in [-0.1, -0.05) is 0 Å². The maximum Gasteiger partial charge on any atom is 0.271 e. The van der Waals surface area contributed by atoms with Crippen molar-refractivity contribution in [1.29, 1.82) is 0 Å². The first-order chi connectivity index (χ1) is 8.27. The summed E-state index contributed by atoms with van der Waals surface area (Å²) in [6.07, 6.45) is 5.17. The van der Waals surface area contributed by atoms with Gasteiger partial charge in [-0.3, -0.25) is 4.79 Å². The number of nitrogens with zero attached hydrogens (tertiary/aromatic N) is 2. The Hall–Kier alpha value is -1.40. The van der Waals surface area contributed by atoms with Crippen molar-refractivity contribution in [2.24, 2.45) is 5.73 Å². The Bertz CT molecular complexity index is 338. The number of hydrogen-bond acceptors (Lipinski definition) is 4. The summed E-state index contributed by atoms with van der Waals surface area (Å²) in [4.78, 5) is 15.7. The fourth-order valence-corrected chi connectivity index (χ4v) is 1.41. The molecule has 17 heavy (non-hydrogen) atoms. The normalized spacial score (nSPS) is 10.5. The molecule has 1 amide bonds. The highest BCUT2D eigenvalue weighted by Gasteiger charge is 2.07. The number of imidazole rings is 1. The predicted octanol–water partition coefficient (Wildman–Crippen LogP) is -0.00180. The maximum absolute atomic E-state index is 11.6. The summed E-state index contributed by atoms with van der Waals surface area (Å²) in [6, 6.07) is 0. The number of nitrogens with one attached hydrogen (secondary N) is 1. The fourth-order valence-electron chi connectivity index (χ4n) is 1.41. The molecule has 0 saturated carbocycles. The van der Waals surface area contributed by atoms with E-state index in [4.69, 9.17) is 10.5 Å². The molecule has 1 rings (SSSR count). The molecule has 0 aliphatic carbocycles. The van der Waals surface area contributed by atoms with E-state index in [1.165, 1.54) is 0 Å². The number of aromatic nitrogens is 2. The summed E-state index contributed by atoms with van der Waals surface area (Å²) >= 11 is 0. The third-order valence-electron chi connectivity index (χ3n) is 2.31. The average molecular weight is 240 g/mol. The Morgan fingerprint density at radius 3 is 3.12 bits per heavy atom. The first-order valence-electron chi connectivity index (χ1n) is 5.77. The van der Waals surface area contributed by atoms with Gasteiger partial charge in [0.05, 0.1) is 6.33 Å². The molecule has 0 bridgehead atoms. The van der Waals surface area contributed by atoms with Crippen LogP contribution in [0.4, 0.5) is 0 Å². The molecule has 0 aliphatic heterocycles. The smallest absolute Gasteiger partial charge is 0.271 e. The molecular formula is C11H20N4O2. The van der Waals surface area contributed by atoms with E-state index in [-0.39, 0.29) is 5.91 Å². The zero-order valence-corrected chi connectivity index (χ0v) is 10.2. The number of nitrogens with two attached hydrogens (primary N) is 1. The summed E-state index contributed by atoms with van der Waals surface area (Å²) in [7, 11) is 1.67. The van der Waals surface area contributed by atoms with Gasteiger partial charge in [0.1, 0.15) is 5.69 Å². The van der Waals surface area contributed by atoms with Gasteiger partial charge in [-0.2, -0.15) is 0 Å². The molecule has 6 heteroatoms. The van der Waals surface area contributed by atoms with Crippen LogP contribution in [-0.2, 0) is 11.3 Å². The second-order valence-corrected chi connectivity index (χ2v) is 3.74. The summed E-state index contributed by atoms with van der Waals surface area (Å²) in [5.74, 6) is -0.141. The van der Waals surface area contributed by atoms with Crippen molar-refractivity contribution < 1.29 is 9.53 Å². The van der Waals surface area contributed by atoms with Crippen LogP contribution >= 0.6 is 0 Å².